The zero-order valence-corrected chi connectivity index (χ0v) is 23.9. The minimum atomic E-state index is -0.779. The number of carbonyl (C=O) groups is 2. The maximum absolute atomic E-state index is 13.9. The van der Waals surface area contributed by atoms with Crippen LogP contribution < -0.4 is 5.32 Å². The van der Waals surface area contributed by atoms with Gasteiger partial charge in [0.05, 0.1) is 23.2 Å². The number of nitrogens with one attached hydrogen (secondary N) is 1. The number of carbonyl (C=O) groups excluding carboxylic acids is 2. The molecule has 1 N–H and O–H groups in total. The van der Waals surface area contributed by atoms with Gasteiger partial charge in [-0.25, -0.2) is 4.98 Å². The van der Waals surface area contributed by atoms with Crippen LogP contribution in [0.4, 0.5) is 0 Å². The Kier molecular flexibility index (Phi) is 7.97. The number of esters is 1. The predicted octanol–water partition coefficient (Wildman–Crippen LogP) is 6.79. The molecular weight excluding hydrogens is 542 g/mol. The molecule has 0 aliphatic rings. The second-order valence-corrected chi connectivity index (χ2v) is 11.6. The monoisotopic (exact) mass is 573 g/mol. The minimum absolute atomic E-state index is 0.0679. The van der Waals surface area contributed by atoms with Crippen molar-refractivity contribution in [3.63, 3.8) is 0 Å². The number of benzene rings is 2. The largest absolute Gasteiger partial charge is 0.460 e. The van der Waals surface area contributed by atoms with E-state index in [-0.39, 0.29) is 24.8 Å². The van der Waals surface area contributed by atoms with Crippen molar-refractivity contribution in [3.8, 4) is 11.3 Å². The molecule has 7 heteroatoms. The highest BCUT2D eigenvalue weighted by Gasteiger charge is 2.34. The fraction of sp³-hybridized carbons (Fsp3) is 0.290. The average molecular weight is 575 g/mol. The molecule has 6 nitrogen and oxygen atoms in total. The normalized spacial score (nSPS) is 13.1. The highest BCUT2D eigenvalue weighted by Crippen LogP contribution is 2.32. The maximum Gasteiger partial charge on any atom is 0.307 e. The molecule has 1 amide bonds. The number of pyridine rings is 2. The summed E-state index contributed by atoms with van der Waals surface area (Å²) in [6, 6.07) is 21.1. The fourth-order valence-electron chi connectivity index (χ4n) is 4.52. The summed E-state index contributed by atoms with van der Waals surface area (Å²) in [7, 11) is 0. The van der Waals surface area contributed by atoms with Gasteiger partial charge in [-0.05, 0) is 63.6 Å². The molecule has 0 bridgehead atoms. The lowest BCUT2D eigenvalue weighted by Crippen LogP contribution is -2.42. The van der Waals surface area contributed by atoms with Crippen LogP contribution in [0.5, 0.6) is 0 Å². The van der Waals surface area contributed by atoms with Gasteiger partial charge >= 0.3 is 5.97 Å². The van der Waals surface area contributed by atoms with E-state index in [4.69, 9.17) is 9.72 Å². The van der Waals surface area contributed by atoms with E-state index in [9.17, 15) is 9.59 Å². The summed E-state index contributed by atoms with van der Waals surface area (Å²) in [4.78, 5) is 36.1. The van der Waals surface area contributed by atoms with Crippen LogP contribution in [-0.4, -0.2) is 34.0 Å². The number of hydrogen-bond acceptors (Lipinski definition) is 5. The van der Waals surface area contributed by atoms with Crippen molar-refractivity contribution in [3.05, 3.63) is 94.2 Å². The van der Waals surface area contributed by atoms with Gasteiger partial charge < -0.3 is 10.1 Å². The molecule has 38 heavy (non-hydrogen) atoms. The lowest BCUT2D eigenvalue weighted by molar-refractivity contribution is -0.156. The quantitative estimate of drug-likeness (QED) is 0.246. The molecule has 196 valence electrons. The van der Waals surface area contributed by atoms with Crippen molar-refractivity contribution < 1.29 is 14.3 Å². The lowest BCUT2D eigenvalue weighted by Gasteiger charge is -2.30. The van der Waals surface area contributed by atoms with E-state index in [0.717, 1.165) is 32.2 Å². The summed E-state index contributed by atoms with van der Waals surface area (Å²) < 4.78 is 6.47. The van der Waals surface area contributed by atoms with Crippen LogP contribution in [-0.2, 0) is 14.9 Å². The van der Waals surface area contributed by atoms with E-state index in [1.165, 1.54) is 0 Å². The van der Waals surface area contributed by atoms with Gasteiger partial charge in [0.25, 0.3) is 5.91 Å². The van der Waals surface area contributed by atoms with Crippen molar-refractivity contribution >= 4 is 38.7 Å². The van der Waals surface area contributed by atoms with Crippen LogP contribution in [0.25, 0.3) is 22.2 Å². The van der Waals surface area contributed by atoms with Crippen LogP contribution in [0.15, 0.2) is 77.4 Å². The first-order chi connectivity index (χ1) is 18.0. The van der Waals surface area contributed by atoms with Crippen LogP contribution >= 0.6 is 15.9 Å². The Morgan fingerprint density at radius 3 is 2.34 bits per heavy atom. The number of aromatic nitrogens is 2. The summed E-state index contributed by atoms with van der Waals surface area (Å²) in [6.07, 6.45) is 1.76. The highest BCUT2D eigenvalue weighted by atomic mass is 79.9. The Morgan fingerprint density at radius 2 is 1.68 bits per heavy atom. The standard InChI is InChI=1S/C31H32BrN3O3/c1-20-27(23-17-22(32)14-15-24(23)35-28(20)21-11-7-6-8-12-21)29(37)34-19-31(5,25-13-9-10-16-33-25)18-26(36)38-30(2,3)4/h6-17H,18-19H2,1-5H3,(H,34,37). The number of ether oxygens (including phenoxy) is 1. The zero-order valence-electron chi connectivity index (χ0n) is 22.3. The van der Waals surface area contributed by atoms with Gasteiger partial charge in [-0.15, -0.1) is 0 Å². The Hall–Kier alpha value is -3.58. The fourth-order valence-corrected chi connectivity index (χ4v) is 4.88. The van der Waals surface area contributed by atoms with E-state index in [1.807, 2.05) is 101 Å². The van der Waals surface area contributed by atoms with Gasteiger partial charge in [0.2, 0.25) is 0 Å². The molecule has 0 aliphatic carbocycles. The van der Waals surface area contributed by atoms with Crippen LogP contribution in [0.2, 0.25) is 0 Å². The molecule has 1 atom stereocenters. The van der Waals surface area contributed by atoms with Crippen molar-refractivity contribution in [2.75, 3.05) is 6.54 Å². The number of fused-ring (bicyclic) bond motifs is 1. The number of hydrogen-bond donors (Lipinski definition) is 1. The van der Waals surface area contributed by atoms with E-state index in [2.05, 4.69) is 26.2 Å². The third kappa shape index (κ3) is 6.27. The molecule has 0 fully saturated rings. The molecule has 1 unspecified atom stereocenters. The second kappa shape index (κ2) is 11.0. The number of halogens is 1. The number of amides is 1. The van der Waals surface area contributed by atoms with E-state index in [0.29, 0.717) is 11.3 Å². The molecule has 0 saturated carbocycles. The predicted molar refractivity (Wildman–Crippen MR) is 154 cm³/mol. The van der Waals surface area contributed by atoms with Crippen LogP contribution in [0, 0.1) is 6.92 Å². The molecule has 4 rings (SSSR count). The smallest absolute Gasteiger partial charge is 0.307 e. The number of nitrogens with zero attached hydrogens (tertiary/aromatic N) is 2. The van der Waals surface area contributed by atoms with Crippen LogP contribution in [0.3, 0.4) is 0 Å². The molecule has 4 aromatic rings. The molecule has 2 aromatic heterocycles. The molecular formula is C31H32BrN3O3. The Balaban J connectivity index is 1.72. The van der Waals surface area contributed by atoms with E-state index >= 15 is 0 Å². The molecule has 0 radical (unpaired) electrons. The first-order valence-electron chi connectivity index (χ1n) is 12.5. The summed E-state index contributed by atoms with van der Waals surface area (Å²) in [5.41, 5.74) is 3.07. The molecule has 0 spiro atoms. The summed E-state index contributed by atoms with van der Waals surface area (Å²) in [6.45, 7) is 9.55. The molecule has 0 aliphatic heterocycles. The van der Waals surface area contributed by atoms with Crippen molar-refractivity contribution in [2.24, 2.45) is 0 Å². The van der Waals surface area contributed by atoms with Gasteiger partial charge in [0.1, 0.15) is 5.60 Å². The van der Waals surface area contributed by atoms with Crippen molar-refractivity contribution in [2.45, 2.75) is 52.1 Å². The lowest BCUT2D eigenvalue weighted by atomic mass is 9.82. The minimum Gasteiger partial charge on any atom is -0.460 e. The highest BCUT2D eigenvalue weighted by molar-refractivity contribution is 9.10. The Bertz CT molecular complexity index is 1470. The zero-order chi connectivity index (χ0) is 27.5. The topological polar surface area (TPSA) is 81.2 Å². The van der Waals surface area contributed by atoms with E-state index < -0.39 is 11.0 Å². The van der Waals surface area contributed by atoms with Gasteiger partial charge in [-0.3, -0.25) is 14.6 Å². The molecule has 2 aromatic carbocycles. The first kappa shape index (κ1) is 27.5. The Morgan fingerprint density at radius 1 is 0.974 bits per heavy atom. The average Bonchev–Trinajstić information content (AvgIpc) is 2.87. The van der Waals surface area contributed by atoms with Crippen LogP contribution in [0.1, 0.15) is 55.7 Å². The van der Waals surface area contributed by atoms with Gasteiger partial charge in [0, 0.05) is 39.3 Å². The molecule has 2 heterocycles. The molecule has 0 saturated heterocycles. The van der Waals surface area contributed by atoms with Gasteiger partial charge in [-0.2, -0.15) is 0 Å². The van der Waals surface area contributed by atoms with Gasteiger partial charge in [-0.1, -0.05) is 59.3 Å². The Labute approximate surface area is 232 Å². The van der Waals surface area contributed by atoms with Crippen molar-refractivity contribution in [1.29, 1.82) is 0 Å². The summed E-state index contributed by atoms with van der Waals surface area (Å²) >= 11 is 3.54. The summed E-state index contributed by atoms with van der Waals surface area (Å²) in [5, 5.41) is 3.86. The number of rotatable bonds is 7. The first-order valence-corrected chi connectivity index (χ1v) is 13.3. The second-order valence-electron chi connectivity index (χ2n) is 10.7. The maximum atomic E-state index is 13.9. The third-order valence-electron chi connectivity index (χ3n) is 6.34. The summed E-state index contributed by atoms with van der Waals surface area (Å²) in [5.74, 6) is -0.586. The van der Waals surface area contributed by atoms with Crippen molar-refractivity contribution in [1.82, 2.24) is 15.3 Å². The van der Waals surface area contributed by atoms with E-state index in [1.54, 1.807) is 6.20 Å². The SMILES string of the molecule is Cc1c(-c2ccccc2)nc2ccc(Br)cc2c1C(=O)NCC(C)(CC(=O)OC(C)(C)C)c1ccccn1. The van der Waals surface area contributed by atoms with Gasteiger partial charge in [0.15, 0.2) is 0 Å². The third-order valence-corrected chi connectivity index (χ3v) is 6.83.